The third kappa shape index (κ3) is 2.60. The molecule has 1 aromatic heterocycles. The number of nitrogens with zero attached hydrogens (tertiary/aromatic N) is 2. The zero-order valence-corrected chi connectivity index (χ0v) is 13.8. The Hall–Kier alpha value is -1.89. The molecule has 1 amide bonds. The van der Waals surface area contributed by atoms with Crippen LogP contribution in [0.5, 0.6) is 0 Å². The van der Waals surface area contributed by atoms with Gasteiger partial charge in [0.25, 0.3) is 5.91 Å². The number of nitrogens with two attached hydrogens (primary N) is 1. The highest BCUT2D eigenvalue weighted by Gasteiger charge is 2.48. The van der Waals surface area contributed by atoms with Gasteiger partial charge in [-0.1, -0.05) is 17.7 Å². The molecule has 7 heteroatoms. The van der Waals surface area contributed by atoms with E-state index in [0.717, 1.165) is 49.3 Å². The summed E-state index contributed by atoms with van der Waals surface area (Å²) < 4.78 is 11.2. The number of hydrogen-bond donors (Lipinski definition) is 1. The maximum atomic E-state index is 11.8. The van der Waals surface area contributed by atoms with Gasteiger partial charge in [0.2, 0.25) is 0 Å². The summed E-state index contributed by atoms with van der Waals surface area (Å²) in [7, 11) is 0. The molecule has 2 N–H and O–H groups in total. The van der Waals surface area contributed by atoms with Crippen molar-refractivity contribution >= 4 is 17.5 Å². The second-order valence-electron chi connectivity index (χ2n) is 6.38. The second-order valence-corrected chi connectivity index (χ2v) is 6.82. The van der Waals surface area contributed by atoms with E-state index in [0.29, 0.717) is 5.02 Å². The van der Waals surface area contributed by atoms with Gasteiger partial charge in [0.1, 0.15) is 6.26 Å². The highest BCUT2D eigenvalue weighted by atomic mass is 35.5. The van der Waals surface area contributed by atoms with Crippen LogP contribution in [0.4, 0.5) is 0 Å². The van der Waals surface area contributed by atoms with Crippen LogP contribution in [0.25, 0.3) is 0 Å². The first-order chi connectivity index (χ1) is 11.6. The zero-order chi connectivity index (χ0) is 16.7. The number of oxazole rings is 1. The molecule has 0 radical (unpaired) electrons. The number of ether oxygens (including phenoxy) is 1. The van der Waals surface area contributed by atoms with Crippen LogP contribution in [0, 0.1) is 0 Å². The van der Waals surface area contributed by atoms with Gasteiger partial charge >= 0.3 is 0 Å². The van der Waals surface area contributed by atoms with Crippen LogP contribution < -0.4 is 5.73 Å². The number of piperidine rings is 1. The van der Waals surface area contributed by atoms with Crippen LogP contribution in [-0.2, 0) is 21.7 Å². The lowest BCUT2D eigenvalue weighted by atomic mass is 9.83. The van der Waals surface area contributed by atoms with E-state index in [1.807, 2.05) is 12.1 Å². The van der Waals surface area contributed by atoms with E-state index in [1.54, 1.807) is 12.3 Å². The summed E-state index contributed by atoms with van der Waals surface area (Å²) >= 11 is 6.18. The quantitative estimate of drug-likeness (QED) is 0.921. The van der Waals surface area contributed by atoms with Gasteiger partial charge in [-0.05, 0) is 36.1 Å². The molecule has 1 spiro atoms. The Kier molecular flexibility index (Phi) is 3.83. The Morgan fingerprint density at radius 1 is 1.42 bits per heavy atom. The Bertz CT molecular complexity index is 754. The van der Waals surface area contributed by atoms with Crippen molar-refractivity contribution in [1.29, 1.82) is 0 Å². The third-order valence-electron chi connectivity index (χ3n) is 4.92. The van der Waals surface area contributed by atoms with Crippen molar-refractivity contribution in [1.82, 2.24) is 9.88 Å². The van der Waals surface area contributed by atoms with Gasteiger partial charge < -0.3 is 14.9 Å². The molecule has 3 heterocycles. The summed E-state index contributed by atoms with van der Waals surface area (Å²) in [6.45, 7) is 2.42. The summed E-state index contributed by atoms with van der Waals surface area (Å²) in [4.78, 5) is 18.3. The topological polar surface area (TPSA) is 81.6 Å². The number of benzene rings is 1. The summed E-state index contributed by atoms with van der Waals surface area (Å²) in [5.41, 5.74) is 7.80. The molecule has 1 unspecified atom stereocenters. The highest BCUT2D eigenvalue weighted by Crippen LogP contribution is 2.50. The molecule has 2 aliphatic rings. The van der Waals surface area contributed by atoms with Gasteiger partial charge in [-0.25, -0.2) is 4.98 Å². The molecule has 1 saturated heterocycles. The summed E-state index contributed by atoms with van der Waals surface area (Å²) in [5, 5.41) is 0.645. The molecule has 2 aliphatic heterocycles. The summed E-state index contributed by atoms with van der Waals surface area (Å²) in [5.74, 6) is -0.458. The maximum Gasteiger partial charge on any atom is 0.251 e. The molecular weight excluding hydrogens is 330 g/mol. The number of rotatable bonds is 3. The largest absolute Gasteiger partial charge is 0.451 e. The Morgan fingerprint density at radius 2 is 2.21 bits per heavy atom. The van der Waals surface area contributed by atoms with Gasteiger partial charge in [0, 0.05) is 24.7 Å². The van der Waals surface area contributed by atoms with Crippen molar-refractivity contribution in [3.63, 3.8) is 0 Å². The van der Waals surface area contributed by atoms with Crippen molar-refractivity contribution < 1.29 is 13.9 Å². The monoisotopic (exact) mass is 347 g/mol. The van der Waals surface area contributed by atoms with Gasteiger partial charge in [-0.2, -0.15) is 0 Å². The molecule has 0 bridgehead atoms. The molecule has 6 nitrogen and oxygen atoms in total. The number of likely N-dealkylation sites (tertiary alicyclic amines) is 1. The molecule has 24 heavy (non-hydrogen) atoms. The summed E-state index contributed by atoms with van der Waals surface area (Å²) in [6, 6.07) is 5.54. The number of aromatic nitrogens is 1. The van der Waals surface area contributed by atoms with Gasteiger partial charge in [0.05, 0.1) is 11.3 Å². The van der Waals surface area contributed by atoms with Crippen LogP contribution >= 0.6 is 11.6 Å². The van der Waals surface area contributed by atoms with Gasteiger partial charge in [0.15, 0.2) is 12.5 Å². The van der Waals surface area contributed by atoms with Gasteiger partial charge in [-0.15, -0.1) is 0 Å². The number of carbonyl (C=O) groups excluding carboxylic acids is 1. The number of fused-ring (bicyclic) bond motifs is 2. The molecule has 2 aromatic rings. The summed E-state index contributed by atoms with van der Waals surface area (Å²) in [6.07, 6.45) is 3.97. The van der Waals surface area contributed by atoms with Crippen LogP contribution in [0.1, 0.15) is 35.8 Å². The van der Waals surface area contributed by atoms with E-state index in [2.05, 4.69) is 9.88 Å². The fourth-order valence-corrected chi connectivity index (χ4v) is 3.89. The molecule has 1 atom stereocenters. The lowest BCUT2D eigenvalue weighted by molar-refractivity contribution is -0.148. The number of primary amides is 1. The van der Waals surface area contributed by atoms with E-state index in [4.69, 9.17) is 26.5 Å². The van der Waals surface area contributed by atoms with Crippen molar-refractivity contribution in [2.45, 2.75) is 31.1 Å². The molecule has 4 rings (SSSR count). The predicted molar refractivity (Wildman–Crippen MR) is 87.2 cm³/mol. The van der Waals surface area contributed by atoms with Crippen molar-refractivity contribution in [3.8, 4) is 0 Å². The molecule has 0 saturated carbocycles. The molecule has 1 fully saturated rings. The fraction of sp³-hybridized carbons (Fsp3) is 0.412. The average Bonchev–Trinajstić information content (AvgIpc) is 3.17. The normalized spacial score (nSPS) is 22.6. The Morgan fingerprint density at radius 3 is 2.88 bits per heavy atom. The Balaban J connectivity index is 1.56. The molecular formula is C17H18ClN3O3. The van der Waals surface area contributed by atoms with E-state index in [9.17, 15) is 4.79 Å². The lowest BCUT2D eigenvalue weighted by Crippen LogP contribution is -2.42. The van der Waals surface area contributed by atoms with E-state index in [1.165, 1.54) is 6.39 Å². The van der Waals surface area contributed by atoms with Crippen molar-refractivity contribution in [3.05, 3.63) is 52.7 Å². The number of amides is 1. The van der Waals surface area contributed by atoms with Crippen molar-refractivity contribution in [2.75, 3.05) is 13.1 Å². The number of halogens is 1. The third-order valence-corrected chi connectivity index (χ3v) is 5.16. The first kappa shape index (κ1) is 15.6. The molecule has 0 aliphatic carbocycles. The second kappa shape index (κ2) is 5.88. The van der Waals surface area contributed by atoms with Crippen LogP contribution in [0.3, 0.4) is 0 Å². The minimum absolute atomic E-state index is 0.458. The first-order valence-corrected chi connectivity index (χ1v) is 8.32. The standard InChI is InChI=1S/C17H18ClN3O3/c18-11-1-2-13-14(7-11)17(24-15(13)16(19)22)3-5-21(6-4-17)8-12-9-23-10-20-12/h1-2,7,9-10,15H,3-6,8H2,(H2,19,22). The van der Waals surface area contributed by atoms with E-state index < -0.39 is 17.6 Å². The minimum atomic E-state index is -0.695. The average molecular weight is 348 g/mol. The number of carbonyl (C=O) groups is 1. The SMILES string of the molecule is NC(=O)C1OC2(CCN(Cc3cocn3)CC2)c2cc(Cl)ccc21. The van der Waals surface area contributed by atoms with Gasteiger partial charge in [-0.3, -0.25) is 9.69 Å². The predicted octanol–water partition coefficient (Wildman–Crippen LogP) is 2.38. The Labute approximate surface area is 144 Å². The number of hydrogen-bond acceptors (Lipinski definition) is 5. The highest BCUT2D eigenvalue weighted by molar-refractivity contribution is 6.30. The molecule has 126 valence electrons. The smallest absolute Gasteiger partial charge is 0.251 e. The van der Waals surface area contributed by atoms with E-state index >= 15 is 0 Å². The van der Waals surface area contributed by atoms with Crippen LogP contribution in [0.2, 0.25) is 5.02 Å². The minimum Gasteiger partial charge on any atom is -0.451 e. The maximum absolute atomic E-state index is 11.8. The molecule has 1 aromatic carbocycles. The van der Waals surface area contributed by atoms with Crippen molar-refractivity contribution in [2.24, 2.45) is 5.73 Å². The first-order valence-electron chi connectivity index (χ1n) is 7.94. The van der Waals surface area contributed by atoms with Crippen LogP contribution in [-0.4, -0.2) is 28.9 Å². The zero-order valence-electron chi connectivity index (χ0n) is 13.1. The van der Waals surface area contributed by atoms with Crippen LogP contribution in [0.15, 0.2) is 35.3 Å². The fourth-order valence-electron chi connectivity index (χ4n) is 3.72. The van der Waals surface area contributed by atoms with E-state index in [-0.39, 0.29) is 0 Å². The lowest BCUT2D eigenvalue weighted by Gasteiger charge is -2.39.